The second kappa shape index (κ2) is 8.08. The summed E-state index contributed by atoms with van der Waals surface area (Å²) in [4.78, 5) is 22.2. The molecule has 0 radical (unpaired) electrons. The minimum atomic E-state index is -0.437. The van der Waals surface area contributed by atoms with Gasteiger partial charge in [0.2, 0.25) is 5.91 Å². The highest BCUT2D eigenvalue weighted by molar-refractivity contribution is 7.99. The fraction of sp³-hybridized carbons (Fsp3) is 0.400. The minimum absolute atomic E-state index is 0.00353. The Morgan fingerprint density at radius 1 is 1.52 bits per heavy atom. The van der Waals surface area contributed by atoms with Gasteiger partial charge >= 0.3 is 0 Å². The summed E-state index contributed by atoms with van der Waals surface area (Å²) >= 11 is 9.12. The van der Waals surface area contributed by atoms with Crippen LogP contribution in [0, 0.1) is 5.82 Å². The summed E-state index contributed by atoms with van der Waals surface area (Å²) < 4.78 is 13.3. The third-order valence-corrected chi connectivity index (χ3v) is 5.72. The molecular weight excluding hydrogens is 357 g/mol. The summed E-state index contributed by atoms with van der Waals surface area (Å²) in [6.45, 7) is 4.40. The monoisotopic (exact) mass is 373 g/mol. The van der Waals surface area contributed by atoms with Crippen LogP contribution in [0.5, 0.6) is 0 Å². The number of amides is 1. The van der Waals surface area contributed by atoms with Gasteiger partial charge in [0.25, 0.3) is 0 Å². The highest BCUT2D eigenvalue weighted by Crippen LogP contribution is 2.38. The van der Waals surface area contributed by atoms with E-state index < -0.39 is 5.82 Å². The summed E-state index contributed by atoms with van der Waals surface area (Å²) in [5.74, 6) is -0.434. The molecule has 0 saturated carbocycles. The molecule has 1 amide bonds. The Morgan fingerprint density at radius 3 is 2.87 bits per heavy atom. The van der Waals surface area contributed by atoms with Crippen molar-refractivity contribution >= 4 is 45.6 Å². The van der Waals surface area contributed by atoms with Crippen LogP contribution < -0.4 is 4.90 Å². The van der Waals surface area contributed by atoms with Gasteiger partial charge < -0.3 is 4.90 Å². The number of nitrogens with zero attached hydrogens (tertiary/aromatic N) is 3. The maximum Gasteiger partial charge on any atom is 0.228 e. The van der Waals surface area contributed by atoms with E-state index in [0.29, 0.717) is 28.5 Å². The molecule has 23 heavy (non-hydrogen) atoms. The number of anilines is 1. The van der Waals surface area contributed by atoms with E-state index in [1.165, 1.54) is 23.6 Å². The fourth-order valence-corrected chi connectivity index (χ4v) is 3.67. The number of hydrogen-bond acceptors (Lipinski definition) is 5. The molecule has 0 fully saturated rings. The number of hydrogen-bond donors (Lipinski definition) is 0. The van der Waals surface area contributed by atoms with Crippen LogP contribution in [0.2, 0.25) is 5.15 Å². The van der Waals surface area contributed by atoms with E-state index in [2.05, 4.69) is 9.97 Å². The minimum Gasteiger partial charge on any atom is -0.301 e. The molecule has 4 nitrogen and oxygen atoms in total. The third-order valence-electron chi connectivity index (χ3n) is 3.25. The van der Waals surface area contributed by atoms with E-state index in [-0.39, 0.29) is 16.3 Å². The lowest BCUT2D eigenvalue weighted by Crippen LogP contribution is -2.31. The fourth-order valence-electron chi connectivity index (χ4n) is 1.98. The summed E-state index contributed by atoms with van der Waals surface area (Å²) in [5, 5.41) is 1.62. The number of carbonyl (C=O) groups is 1. The number of halogens is 2. The molecule has 0 saturated heterocycles. The van der Waals surface area contributed by atoms with Crippen LogP contribution in [0.3, 0.4) is 0 Å². The molecule has 0 aromatic carbocycles. The largest absolute Gasteiger partial charge is 0.301 e. The number of thioether (sulfide) groups is 1. The van der Waals surface area contributed by atoms with Gasteiger partial charge in [0, 0.05) is 30.0 Å². The predicted octanol–water partition coefficient (Wildman–Crippen LogP) is 4.49. The van der Waals surface area contributed by atoms with Crippen molar-refractivity contribution in [2.75, 3.05) is 17.7 Å². The zero-order valence-corrected chi connectivity index (χ0v) is 15.4. The molecule has 1 unspecified atom stereocenters. The first-order chi connectivity index (χ1) is 11.0. The number of rotatable bonds is 6. The lowest BCUT2D eigenvalue weighted by molar-refractivity contribution is -0.118. The first-order valence-corrected chi connectivity index (χ1v) is 9.54. The van der Waals surface area contributed by atoms with Gasteiger partial charge in [0.05, 0.1) is 6.20 Å². The van der Waals surface area contributed by atoms with Crippen molar-refractivity contribution in [1.82, 2.24) is 9.97 Å². The van der Waals surface area contributed by atoms with E-state index in [9.17, 15) is 9.18 Å². The van der Waals surface area contributed by atoms with Crippen LogP contribution in [0.1, 0.15) is 20.3 Å². The maximum atomic E-state index is 13.3. The van der Waals surface area contributed by atoms with E-state index in [1.54, 1.807) is 16.7 Å². The molecule has 2 aromatic heterocycles. The SMILES string of the molecule is CCN(C(=O)CC(C)SC)c1sc(-c2cncc(F)c2)nc1Cl. The topological polar surface area (TPSA) is 46.1 Å². The lowest BCUT2D eigenvalue weighted by atomic mass is 10.3. The van der Waals surface area contributed by atoms with E-state index in [4.69, 9.17) is 11.6 Å². The number of aromatic nitrogens is 2. The second-order valence-corrected chi connectivity index (χ2v) is 7.51. The van der Waals surface area contributed by atoms with E-state index in [0.717, 1.165) is 6.20 Å². The Morgan fingerprint density at radius 2 is 2.26 bits per heavy atom. The zero-order valence-electron chi connectivity index (χ0n) is 13.0. The van der Waals surface area contributed by atoms with Gasteiger partial charge in [-0.15, -0.1) is 0 Å². The number of carbonyl (C=O) groups excluding carboxylic acids is 1. The second-order valence-electron chi connectivity index (χ2n) is 4.90. The van der Waals surface area contributed by atoms with Crippen molar-refractivity contribution in [3.63, 3.8) is 0 Å². The molecule has 2 heterocycles. The average molecular weight is 374 g/mol. The first-order valence-electron chi connectivity index (χ1n) is 7.06. The van der Waals surface area contributed by atoms with E-state index in [1.807, 2.05) is 20.1 Å². The normalized spacial score (nSPS) is 12.2. The quantitative estimate of drug-likeness (QED) is 0.748. The van der Waals surface area contributed by atoms with Crippen molar-refractivity contribution < 1.29 is 9.18 Å². The molecular formula is C15H17ClFN3OS2. The summed E-state index contributed by atoms with van der Waals surface area (Å²) in [6, 6.07) is 1.35. The standard InChI is InChI=1S/C15H17ClFN3OS2/c1-4-20(12(21)5-9(2)22-3)15-13(16)19-14(23-15)10-6-11(17)8-18-7-10/h6-9H,4-5H2,1-3H3. The Kier molecular flexibility index (Phi) is 6.38. The van der Waals surface area contributed by atoms with Gasteiger partial charge in [0.15, 0.2) is 5.15 Å². The van der Waals surface area contributed by atoms with Gasteiger partial charge in [-0.25, -0.2) is 9.37 Å². The first kappa shape index (κ1) is 18.2. The highest BCUT2D eigenvalue weighted by atomic mass is 35.5. The Hall–Kier alpha value is -1.18. The van der Waals surface area contributed by atoms with Crippen molar-refractivity contribution in [2.45, 2.75) is 25.5 Å². The van der Waals surface area contributed by atoms with Crippen LogP contribution in [0.15, 0.2) is 18.5 Å². The molecule has 0 aliphatic rings. The van der Waals surface area contributed by atoms with Crippen LogP contribution in [0.25, 0.3) is 10.6 Å². The van der Waals surface area contributed by atoms with Crippen molar-refractivity contribution in [2.24, 2.45) is 0 Å². The van der Waals surface area contributed by atoms with Crippen molar-refractivity contribution in [3.8, 4) is 10.6 Å². The van der Waals surface area contributed by atoms with Crippen LogP contribution in [0.4, 0.5) is 9.39 Å². The van der Waals surface area contributed by atoms with Crippen molar-refractivity contribution in [1.29, 1.82) is 0 Å². The van der Waals surface area contributed by atoms with Gasteiger partial charge in [0.1, 0.15) is 15.8 Å². The highest BCUT2D eigenvalue weighted by Gasteiger charge is 2.23. The lowest BCUT2D eigenvalue weighted by Gasteiger charge is -2.20. The average Bonchev–Trinajstić information content (AvgIpc) is 2.90. The maximum absolute atomic E-state index is 13.3. The molecule has 0 N–H and O–H groups in total. The molecule has 0 spiro atoms. The molecule has 2 rings (SSSR count). The molecule has 2 aromatic rings. The molecule has 0 aliphatic heterocycles. The van der Waals surface area contributed by atoms with Crippen molar-refractivity contribution in [3.05, 3.63) is 29.4 Å². The Bertz CT molecular complexity index is 695. The summed E-state index contributed by atoms with van der Waals surface area (Å²) in [6.07, 6.45) is 5.06. The Labute approximate surface area is 148 Å². The van der Waals surface area contributed by atoms with Crippen LogP contribution in [-0.2, 0) is 4.79 Å². The predicted molar refractivity (Wildman–Crippen MR) is 95.9 cm³/mol. The molecule has 0 bridgehead atoms. The zero-order chi connectivity index (χ0) is 17.0. The Balaban J connectivity index is 2.30. The van der Waals surface area contributed by atoms with Gasteiger partial charge in [-0.1, -0.05) is 29.9 Å². The van der Waals surface area contributed by atoms with Crippen LogP contribution >= 0.6 is 34.7 Å². The summed E-state index contributed by atoms with van der Waals surface area (Å²) in [5.41, 5.74) is 0.545. The molecule has 0 aliphatic carbocycles. The molecule has 1 atom stereocenters. The summed E-state index contributed by atoms with van der Waals surface area (Å²) in [7, 11) is 0. The van der Waals surface area contributed by atoms with Crippen LogP contribution in [-0.4, -0.2) is 33.9 Å². The molecule has 8 heteroatoms. The van der Waals surface area contributed by atoms with Gasteiger partial charge in [-0.05, 0) is 19.2 Å². The van der Waals surface area contributed by atoms with Gasteiger partial charge in [-0.2, -0.15) is 11.8 Å². The third kappa shape index (κ3) is 4.43. The van der Waals surface area contributed by atoms with Gasteiger partial charge in [-0.3, -0.25) is 9.78 Å². The van der Waals surface area contributed by atoms with E-state index >= 15 is 0 Å². The number of thiazole rings is 1. The smallest absolute Gasteiger partial charge is 0.228 e. The molecule has 124 valence electrons. The number of pyridine rings is 1.